The van der Waals surface area contributed by atoms with Crippen LogP contribution in [-0.4, -0.2) is 34.5 Å². The van der Waals surface area contributed by atoms with E-state index in [1.54, 1.807) is 7.05 Å². The molecule has 0 spiro atoms. The largest absolute Gasteiger partial charge is 0.479 e. The molecular weight excluding hydrogens is 266 g/mol. The van der Waals surface area contributed by atoms with Crippen molar-refractivity contribution in [3.05, 3.63) is 34.9 Å². The third kappa shape index (κ3) is 2.80. The molecule has 114 valence electrons. The number of hydrogen-bond acceptors (Lipinski definition) is 2. The van der Waals surface area contributed by atoms with Crippen LogP contribution in [0, 0.1) is 13.8 Å². The van der Waals surface area contributed by atoms with Gasteiger partial charge in [-0.05, 0) is 38.3 Å². The van der Waals surface area contributed by atoms with Crippen molar-refractivity contribution in [2.24, 2.45) is 0 Å². The monoisotopic (exact) mass is 289 g/mol. The molecular formula is C17H23NO3. The van der Waals surface area contributed by atoms with E-state index in [1.807, 2.05) is 32.0 Å². The fourth-order valence-corrected chi connectivity index (χ4v) is 3.17. The van der Waals surface area contributed by atoms with Crippen molar-refractivity contribution in [3.63, 3.8) is 0 Å². The van der Waals surface area contributed by atoms with Gasteiger partial charge in [0, 0.05) is 12.6 Å². The van der Waals surface area contributed by atoms with Crippen molar-refractivity contribution in [2.75, 3.05) is 7.05 Å². The van der Waals surface area contributed by atoms with Crippen molar-refractivity contribution in [3.8, 4) is 0 Å². The number of rotatable bonds is 3. The smallest absolute Gasteiger partial charge is 0.329 e. The first-order chi connectivity index (χ1) is 9.88. The van der Waals surface area contributed by atoms with Gasteiger partial charge in [0.2, 0.25) is 0 Å². The Bertz CT molecular complexity index is 559. The molecule has 0 atom stereocenters. The average molecular weight is 289 g/mol. The van der Waals surface area contributed by atoms with E-state index in [2.05, 4.69) is 0 Å². The Morgan fingerprint density at radius 2 is 1.76 bits per heavy atom. The summed E-state index contributed by atoms with van der Waals surface area (Å²) in [7, 11) is 1.63. The molecule has 1 aliphatic rings. The Morgan fingerprint density at radius 3 is 2.33 bits per heavy atom. The number of hydrogen-bond donors (Lipinski definition) is 1. The molecule has 0 aromatic heterocycles. The number of carbonyl (C=O) groups excluding carboxylic acids is 1. The van der Waals surface area contributed by atoms with E-state index in [1.165, 1.54) is 4.90 Å². The molecule has 1 fully saturated rings. The lowest BCUT2D eigenvalue weighted by Crippen LogP contribution is -2.56. The van der Waals surface area contributed by atoms with Crippen LogP contribution >= 0.6 is 0 Å². The van der Waals surface area contributed by atoms with E-state index in [4.69, 9.17) is 0 Å². The summed E-state index contributed by atoms with van der Waals surface area (Å²) >= 11 is 0. The van der Waals surface area contributed by atoms with Gasteiger partial charge in [-0.25, -0.2) is 4.79 Å². The molecule has 0 unspecified atom stereocenters. The summed E-state index contributed by atoms with van der Waals surface area (Å²) in [6, 6.07) is 5.71. The van der Waals surface area contributed by atoms with Crippen LogP contribution in [0.5, 0.6) is 0 Å². The maximum Gasteiger partial charge on any atom is 0.329 e. The summed E-state index contributed by atoms with van der Waals surface area (Å²) in [6.45, 7) is 3.82. The Kier molecular flexibility index (Phi) is 4.35. The molecule has 0 radical (unpaired) electrons. The van der Waals surface area contributed by atoms with E-state index in [0.717, 1.165) is 30.4 Å². The van der Waals surface area contributed by atoms with Gasteiger partial charge >= 0.3 is 5.97 Å². The predicted molar refractivity (Wildman–Crippen MR) is 81.5 cm³/mol. The maximum absolute atomic E-state index is 12.8. The second-order valence-corrected chi connectivity index (χ2v) is 6.08. The maximum atomic E-state index is 12.8. The van der Waals surface area contributed by atoms with Gasteiger partial charge in [-0.2, -0.15) is 0 Å². The van der Waals surface area contributed by atoms with Crippen LogP contribution in [0.4, 0.5) is 0 Å². The molecule has 21 heavy (non-hydrogen) atoms. The van der Waals surface area contributed by atoms with Gasteiger partial charge in [0.15, 0.2) is 0 Å². The van der Waals surface area contributed by atoms with E-state index in [9.17, 15) is 14.7 Å². The van der Waals surface area contributed by atoms with Crippen molar-refractivity contribution in [1.29, 1.82) is 0 Å². The average Bonchev–Trinajstić information content (AvgIpc) is 2.48. The third-order valence-electron chi connectivity index (χ3n) is 4.65. The van der Waals surface area contributed by atoms with Crippen LogP contribution in [0.3, 0.4) is 0 Å². The summed E-state index contributed by atoms with van der Waals surface area (Å²) < 4.78 is 0. The first-order valence-electron chi connectivity index (χ1n) is 7.47. The number of carboxylic acids is 1. The minimum atomic E-state index is -1.05. The Labute approximate surface area is 125 Å². The summed E-state index contributed by atoms with van der Waals surface area (Å²) in [5, 5.41) is 9.68. The van der Waals surface area contributed by atoms with Gasteiger partial charge in [0.1, 0.15) is 5.54 Å². The van der Waals surface area contributed by atoms with Gasteiger partial charge in [-0.3, -0.25) is 4.79 Å². The molecule has 1 aliphatic carbocycles. The number of likely N-dealkylation sites (N-methyl/N-ethyl adjacent to an activating group) is 1. The minimum absolute atomic E-state index is 0.194. The lowest BCUT2D eigenvalue weighted by molar-refractivity contribution is -0.151. The number of aliphatic carboxylic acids is 1. The van der Waals surface area contributed by atoms with Gasteiger partial charge in [-0.15, -0.1) is 0 Å². The van der Waals surface area contributed by atoms with Crippen LogP contribution in [0.25, 0.3) is 0 Å². The fraction of sp³-hybridized carbons (Fsp3) is 0.529. The fourth-order valence-electron chi connectivity index (χ4n) is 3.17. The molecule has 0 bridgehead atoms. The topological polar surface area (TPSA) is 57.6 Å². The first kappa shape index (κ1) is 15.5. The molecule has 1 N–H and O–H groups in total. The van der Waals surface area contributed by atoms with Crippen LogP contribution in [0.2, 0.25) is 0 Å². The molecule has 1 aromatic carbocycles. The molecule has 1 amide bonds. The zero-order valence-corrected chi connectivity index (χ0v) is 13.0. The number of carbonyl (C=O) groups is 2. The number of amides is 1. The predicted octanol–water partition coefficient (Wildman–Crippen LogP) is 3.16. The lowest BCUT2D eigenvalue weighted by Gasteiger charge is -2.41. The van der Waals surface area contributed by atoms with Crippen molar-refractivity contribution >= 4 is 11.9 Å². The minimum Gasteiger partial charge on any atom is -0.479 e. The SMILES string of the molecule is Cc1ccc(C)c(C(=O)N(C)C2(C(=O)O)CCCCC2)c1. The highest BCUT2D eigenvalue weighted by Crippen LogP contribution is 2.34. The lowest BCUT2D eigenvalue weighted by atomic mass is 9.80. The van der Waals surface area contributed by atoms with E-state index < -0.39 is 11.5 Å². The Balaban J connectivity index is 2.36. The Hall–Kier alpha value is -1.84. The van der Waals surface area contributed by atoms with Gasteiger partial charge < -0.3 is 10.0 Å². The van der Waals surface area contributed by atoms with Crippen molar-refractivity contribution in [2.45, 2.75) is 51.5 Å². The highest BCUT2D eigenvalue weighted by atomic mass is 16.4. The second kappa shape index (κ2) is 5.88. The highest BCUT2D eigenvalue weighted by Gasteiger charge is 2.45. The van der Waals surface area contributed by atoms with Crippen LogP contribution < -0.4 is 0 Å². The van der Waals surface area contributed by atoms with Gasteiger partial charge in [0.05, 0.1) is 0 Å². The molecule has 0 aliphatic heterocycles. The first-order valence-corrected chi connectivity index (χ1v) is 7.47. The zero-order chi connectivity index (χ0) is 15.6. The summed E-state index contributed by atoms with van der Waals surface area (Å²) in [5.74, 6) is -1.08. The van der Waals surface area contributed by atoms with Gasteiger partial charge in [0.25, 0.3) is 5.91 Å². The zero-order valence-electron chi connectivity index (χ0n) is 13.0. The standard InChI is InChI=1S/C17H23NO3/c1-12-7-8-13(2)14(11-12)15(19)18(3)17(16(20)21)9-5-4-6-10-17/h7-8,11H,4-6,9-10H2,1-3H3,(H,20,21). The number of aryl methyl sites for hydroxylation is 2. The molecule has 0 heterocycles. The van der Waals surface area contributed by atoms with E-state index in [0.29, 0.717) is 18.4 Å². The van der Waals surface area contributed by atoms with Crippen molar-refractivity contribution in [1.82, 2.24) is 4.90 Å². The summed E-state index contributed by atoms with van der Waals surface area (Å²) in [5.41, 5.74) is 1.44. The summed E-state index contributed by atoms with van der Waals surface area (Å²) in [4.78, 5) is 26.1. The van der Waals surface area contributed by atoms with Crippen molar-refractivity contribution < 1.29 is 14.7 Å². The number of carboxylic acid groups (broad SMARTS) is 1. The molecule has 2 rings (SSSR count). The molecule has 1 aromatic rings. The Morgan fingerprint density at radius 1 is 1.14 bits per heavy atom. The molecule has 4 heteroatoms. The second-order valence-electron chi connectivity index (χ2n) is 6.08. The highest BCUT2D eigenvalue weighted by molar-refractivity contribution is 5.99. The molecule has 1 saturated carbocycles. The normalized spacial score (nSPS) is 17.3. The molecule has 0 saturated heterocycles. The third-order valence-corrected chi connectivity index (χ3v) is 4.65. The van der Waals surface area contributed by atoms with E-state index in [-0.39, 0.29) is 5.91 Å². The van der Waals surface area contributed by atoms with Crippen LogP contribution in [0.15, 0.2) is 18.2 Å². The quantitative estimate of drug-likeness (QED) is 0.930. The van der Waals surface area contributed by atoms with Gasteiger partial charge in [-0.1, -0.05) is 37.0 Å². The van der Waals surface area contributed by atoms with E-state index >= 15 is 0 Å². The number of nitrogens with zero attached hydrogens (tertiary/aromatic N) is 1. The molecule has 4 nitrogen and oxygen atoms in total. The number of benzene rings is 1. The van der Waals surface area contributed by atoms with Crippen LogP contribution in [-0.2, 0) is 4.79 Å². The van der Waals surface area contributed by atoms with Crippen LogP contribution in [0.1, 0.15) is 53.6 Å². The summed E-state index contributed by atoms with van der Waals surface area (Å²) in [6.07, 6.45) is 3.83.